The Bertz CT molecular complexity index is 996. The Balaban J connectivity index is 1.78. The van der Waals surface area contributed by atoms with Gasteiger partial charge < -0.3 is 21.6 Å². The van der Waals surface area contributed by atoms with Crippen molar-refractivity contribution in [1.82, 2.24) is 5.32 Å². The third kappa shape index (κ3) is 4.39. The van der Waals surface area contributed by atoms with Crippen molar-refractivity contribution in [2.24, 2.45) is 15.9 Å². The lowest BCUT2D eigenvalue weighted by atomic mass is 10.1. The zero-order valence-electron chi connectivity index (χ0n) is 14.7. The number of hydrazone groups is 1. The zero-order valence-corrected chi connectivity index (χ0v) is 14.7. The average Bonchev–Trinajstić information content (AvgIpc) is 2.81. The molecule has 9 heteroatoms. The molecule has 0 radical (unpaired) electrons. The first-order chi connectivity index (χ1) is 13.5. The second-order valence-corrected chi connectivity index (χ2v) is 6.01. The number of fused-ring (bicyclic) bond motifs is 1. The first-order valence-electron chi connectivity index (χ1n) is 8.31. The van der Waals surface area contributed by atoms with Crippen LogP contribution >= 0.6 is 0 Å². The molecule has 2 amide bonds. The van der Waals surface area contributed by atoms with E-state index in [1.54, 1.807) is 42.5 Å². The second kappa shape index (κ2) is 8.12. The standard InChI is InChI=1S/C19H17N5O4/c20-22-9-11-1-3-12(4-2-11)18(27)23-14-5-6-15-13(7-14)10-21-19(28)16(24-15)8-17(25)26/h1-7,9H,8,10,20H2,(H,21,28)(H,23,27)(H,25,26). The number of benzene rings is 2. The Morgan fingerprint density at radius 1 is 1.25 bits per heavy atom. The van der Waals surface area contributed by atoms with Crippen molar-refractivity contribution in [3.63, 3.8) is 0 Å². The Morgan fingerprint density at radius 3 is 2.68 bits per heavy atom. The van der Waals surface area contributed by atoms with E-state index >= 15 is 0 Å². The molecule has 9 nitrogen and oxygen atoms in total. The molecule has 28 heavy (non-hydrogen) atoms. The van der Waals surface area contributed by atoms with Crippen LogP contribution in [0.3, 0.4) is 0 Å². The summed E-state index contributed by atoms with van der Waals surface area (Å²) in [5.41, 5.74) is 2.85. The summed E-state index contributed by atoms with van der Waals surface area (Å²) in [6.45, 7) is 0.178. The number of carboxylic acids is 1. The van der Waals surface area contributed by atoms with Gasteiger partial charge in [0.25, 0.3) is 11.8 Å². The van der Waals surface area contributed by atoms with E-state index in [9.17, 15) is 14.4 Å². The van der Waals surface area contributed by atoms with Gasteiger partial charge in [0.1, 0.15) is 5.71 Å². The monoisotopic (exact) mass is 379 g/mol. The number of hydrogen-bond acceptors (Lipinski definition) is 6. The SMILES string of the molecule is NN=Cc1ccc(C(=O)Nc2ccc3c(c2)CNC(=O)C(CC(=O)O)=N3)cc1. The predicted octanol–water partition coefficient (Wildman–Crippen LogP) is 1.41. The third-order valence-electron chi connectivity index (χ3n) is 4.01. The third-order valence-corrected chi connectivity index (χ3v) is 4.01. The number of amides is 2. The lowest BCUT2D eigenvalue weighted by molar-refractivity contribution is -0.136. The predicted molar refractivity (Wildman–Crippen MR) is 104 cm³/mol. The number of anilines is 1. The molecule has 0 aliphatic carbocycles. The summed E-state index contributed by atoms with van der Waals surface area (Å²) < 4.78 is 0. The minimum atomic E-state index is -1.13. The van der Waals surface area contributed by atoms with E-state index in [0.29, 0.717) is 22.5 Å². The molecule has 0 bridgehead atoms. The summed E-state index contributed by atoms with van der Waals surface area (Å²) in [5.74, 6) is 3.13. The first kappa shape index (κ1) is 18.8. The van der Waals surface area contributed by atoms with Gasteiger partial charge in [-0.3, -0.25) is 14.4 Å². The highest BCUT2D eigenvalue weighted by Crippen LogP contribution is 2.26. The van der Waals surface area contributed by atoms with Crippen LogP contribution in [0.1, 0.15) is 27.9 Å². The van der Waals surface area contributed by atoms with Crippen LogP contribution in [-0.4, -0.2) is 34.8 Å². The van der Waals surface area contributed by atoms with Crippen molar-refractivity contribution in [1.29, 1.82) is 0 Å². The van der Waals surface area contributed by atoms with Crippen LogP contribution in [0, 0.1) is 0 Å². The molecule has 0 saturated carbocycles. The Labute approximate surface area is 160 Å². The lowest BCUT2D eigenvalue weighted by Gasteiger charge is -2.09. The number of aliphatic imine (C=N–C) groups is 1. The van der Waals surface area contributed by atoms with Crippen molar-refractivity contribution in [3.05, 3.63) is 59.2 Å². The summed E-state index contributed by atoms with van der Waals surface area (Å²) in [7, 11) is 0. The van der Waals surface area contributed by atoms with Gasteiger partial charge in [0, 0.05) is 17.8 Å². The number of aliphatic carboxylic acids is 1. The molecule has 1 aliphatic heterocycles. The molecule has 5 N–H and O–H groups in total. The van der Waals surface area contributed by atoms with E-state index in [1.165, 1.54) is 6.21 Å². The fourth-order valence-corrected chi connectivity index (χ4v) is 2.66. The van der Waals surface area contributed by atoms with Crippen LogP contribution in [0.5, 0.6) is 0 Å². The summed E-state index contributed by atoms with van der Waals surface area (Å²) in [5, 5.41) is 17.7. The highest BCUT2D eigenvalue weighted by Gasteiger charge is 2.20. The Kier molecular flexibility index (Phi) is 5.45. The topological polar surface area (TPSA) is 146 Å². The lowest BCUT2D eigenvalue weighted by Crippen LogP contribution is -2.30. The molecule has 2 aromatic rings. The van der Waals surface area contributed by atoms with E-state index in [2.05, 4.69) is 20.7 Å². The average molecular weight is 379 g/mol. The fourth-order valence-electron chi connectivity index (χ4n) is 2.66. The van der Waals surface area contributed by atoms with Gasteiger partial charge in [-0.15, -0.1) is 0 Å². The van der Waals surface area contributed by atoms with Crippen LogP contribution in [0.15, 0.2) is 52.6 Å². The highest BCUT2D eigenvalue weighted by molar-refractivity contribution is 6.42. The van der Waals surface area contributed by atoms with E-state index in [1.807, 2.05) is 0 Å². The number of carbonyl (C=O) groups excluding carboxylic acids is 2. The van der Waals surface area contributed by atoms with Crippen molar-refractivity contribution in [2.75, 3.05) is 5.32 Å². The second-order valence-electron chi connectivity index (χ2n) is 6.01. The quantitative estimate of drug-likeness (QED) is 0.352. The van der Waals surface area contributed by atoms with Crippen LogP contribution in [0.2, 0.25) is 0 Å². The Hall–Kier alpha value is -4.01. The number of nitrogens with one attached hydrogen (secondary N) is 2. The zero-order chi connectivity index (χ0) is 20.1. The molecule has 3 rings (SSSR count). The fraction of sp³-hybridized carbons (Fsp3) is 0.105. The van der Waals surface area contributed by atoms with Crippen LogP contribution in [-0.2, 0) is 16.1 Å². The minimum absolute atomic E-state index is 0.0656. The summed E-state index contributed by atoms with van der Waals surface area (Å²) in [6.07, 6.45) is 1.01. The van der Waals surface area contributed by atoms with Crippen molar-refractivity contribution < 1.29 is 19.5 Å². The molecule has 0 unspecified atom stereocenters. The minimum Gasteiger partial charge on any atom is -0.481 e. The summed E-state index contributed by atoms with van der Waals surface area (Å²) in [4.78, 5) is 39.4. The molecule has 0 atom stereocenters. The number of hydrogen-bond donors (Lipinski definition) is 4. The molecular weight excluding hydrogens is 362 g/mol. The number of carbonyl (C=O) groups is 3. The van der Waals surface area contributed by atoms with Gasteiger partial charge in [-0.1, -0.05) is 12.1 Å². The van der Waals surface area contributed by atoms with Gasteiger partial charge >= 0.3 is 5.97 Å². The molecule has 1 heterocycles. The van der Waals surface area contributed by atoms with Gasteiger partial charge in [-0.05, 0) is 41.5 Å². The molecule has 142 valence electrons. The van der Waals surface area contributed by atoms with Gasteiger partial charge in [0.2, 0.25) is 0 Å². The smallest absolute Gasteiger partial charge is 0.309 e. The maximum absolute atomic E-state index is 12.4. The molecule has 1 aliphatic rings. The molecule has 0 fully saturated rings. The maximum Gasteiger partial charge on any atom is 0.309 e. The van der Waals surface area contributed by atoms with Gasteiger partial charge in [0.15, 0.2) is 0 Å². The molecule has 2 aromatic carbocycles. The highest BCUT2D eigenvalue weighted by atomic mass is 16.4. The van der Waals surface area contributed by atoms with E-state index < -0.39 is 18.3 Å². The maximum atomic E-state index is 12.4. The number of nitrogens with zero attached hydrogens (tertiary/aromatic N) is 2. The van der Waals surface area contributed by atoms with Gasteiger partial charge in [0.05, 0.1) is 18.3 Å². The van der Waals surface area contributed by atoms with Crippen LogP contribution < -0.4 is 16.5 Å². The summed E-state index contributed by atoms with van der Waals surface area (Å²) in [6, 6.07) is 11.7. The largest absolute Gasteiger partial charge is 0.481 e. The molecule has 0 spiro atoms. The van der Waals surface area contributed by atoms with E-state index in [-0.39, 0.29) is 18.2 Å². The van der Waals surface area contributed by atoms with Crippen LogP contribution in [0.25, 0.3) is 0 Å². The number of carboxylic acid groups (broad SMARTS) is 1. The van der Waals surface area contributed by atoms with Crippen molar-refractivity contribution in [3.8, 4) is 0 Å². The van der Waals surface area contributed by atoms with Crippen LogP contribution in [0.4, 0.5) is 11.4 Å². The summed E-state index contributed by atoms with van der Waals surface area (Å²) >= 11 is 0. The van der Waals surface area contributed by atoms with Gasteiger partial charge in [-0.25, -0.2) is 4.99 Å². The van der Waals surface area contributed by atoms with Gasteiger partial charge in [-0.2, -0.15) is 5.10 Å². The number of rotatable bonds is 5. The molecule has 0 aromatic heterocycles. The first-order valence-corrected chi connectivity index (χ1v) is 8.31. The molecular formula is C19H17N5O4. The normalized spacial score (nSPS) is 13.3. The van der Waals surface area contributed by atoms with E-state index in [4.69, 9.17) is 10.9 Å². The van der Waals surface area contributed by atoms with Crippen molar-refractivity contribution in [2.45, 2.75) is 13.0 Å². The van der Waals surface area contributed by atoms with Crippen molar-refractivity contribution >= 4 is 41.1 Å². The Morgan fingerprint density at radius 2 is 2.00 bits per heavy atom. The number of nitrogens with two attached hydrogens (primary N) is 1. The molecule has 0 saturated heterocycles. The van der Waals surface area contributed by atoms with E-state index in [0.717, 1.165) is 5.56 Å².